The number of ether oxygens (including phenoxy) is 3. The highest BCUT2D eigenvalue weighted by Gasteiger charge is 2.12. The predicted molar refractivity (Wildman–Crippen MR) is 87.1 cm³/mol. The smallest absolute Gasteiger partial charge is 0.336 e. The summed E-state index contributed by atoms with van der Waals surface area (Å²) in [6.45, 7) is 0.205. The van der Waals surface area contributed by atoms with E-state index in [9.17, 15) is 9.59 Å². The van der Waals surface area contributed by atoms with Crippen molar-refractivity contribution in [1.29, 1.82) is 0 Å². The van der Waals surface area contributed by atoms with Crippen LogP contribution in [0.25, 0.3) is 6.08 Å². The van der Waals surface area contributed by atoms with Crippen molar-refractivity contribution >= 4 is 18.0 Å². The Kier molecular flexibility index (Phi) is 4.47. The van der Waals surface area contributed by atoms with Crippen molar-refractivity contribution in [2.45, 2.75) is 0 Å². The van der Waals surface area contributed by atoms with Crippen LogP contribution in [0.5, 0.6) is 17.2 Å². The number of nitrogens with one attached hydrogen (secondary N) is 1. The molecule has 0 unspecified atom stereocenters. The van der Waals surface area contributed by atoms with Gasteiger partial charge in [-0.3, -0.25) is 4.79 Å². The van der Waals surface area contributed by atoms with Gasteiger partial charge in [0.2, 0.25) is 6.79 Å². The number of amides is 1. The molecule has 0 fully saturated rings. The molecule has 0 atom stereocenters. The van der Waals surface area contributed by atoms with Crippen LogP contribution < -0.4 is 19.5 Å². The Morgan fingerprint density at radius 2 is 1.83 bits per heavy atom. The Balaban J connectivity index is 1.62. The molecule has 2 aromatic carbocycles. The molecule has 1 heterocycles. The lowest BCUT2D eigenvalue weighted by molar-refractivity contribution is -0.128. The minimum absolute atomic E-state index is 0.199. The fourth-order valence-electron chi connectivity index (χ4n) is 2.15. The molecule has 0 saturated heterocycles. The highest BCUT2D eigenvalue weighted by molar-refractivity contribution is 5.94. The molecule has 1 N–H and O–H groups in total. The maximum absolute atomic E-state index is 11.9. The van der Waals surface area contributed by atoms with Gasteiger partial charge in [0.15, 0.2) is 11.5 Å². The van der Waals surface area contributed by atoms with Gasteiger partial charge in [-0.15, -0.1) is 0 Å². The summed E-state index contributed by atoms with van der Waals surface area (Å²) < 4.78 is 15.7. The summed E-state index contributed by atoms with van der Waals surface area (Å²) in [6.07, 6.45) is 2.95. The first-order chi connectivity index (χ1) is 11.7. The minimum atomic E-state index is -0.514. The van der Waals surface area contributed by atoms with Gasteiger partial charge in [-0.2, -0.15) is 0 Å². The van der Waals surface area contributed by atoms with Crippen molar-refractivity contribution < 1.29 is 23.8 Å². The first-order valence-electron chi connectivity index (χ1n) is 7.27. The zero-order chi connectivity index (χ0) is 16.9. The largest absolute Gasteiger partial charge is 0.454 e. The van der Waals surface area contributed by atoms with Gasteiger partial charge in [-0.05, 0) is 48.0 Å². The number of carbonyl (C=O) groups is 2. The second kappa shape index (κ2) is 6.87. The van der Waals surface area contributed by atoms with Crippen LogP contribution in [0.4, 0.5) is 0 Å². The maximum atomic E-state index is 11.9. The van der Waals surface area contributed by atoms with Gasteiger partial charge in [-0.1, -0.05) is 6.07 Å². The van der Waals surface area contributed by atoms with Crippen LogP contribution >= 0.6 is 0 Å². The topological polar surface area (TPSA) is 73.9 Å². The first-order valence-corrected chi connectivity index (χ1v) is 7.27. The summed E-state index contributed by atoms with van der Waals surface area (Å²) in [7, 11) is 1.55. The fourth-order valence-corrected chi connectivity index (χ4v) is 2.15. The molecule has 0 aromatic heterocycles. The lowest BCUT2D eigenvalue weighted by Crippen LogP contribution is -2.17. The van der Waals surface area contributed by atoms with Crippen LogP contribution in [0, 0.1) is 0 Å². The zero-order valence-corrected chi connectivity index (χ0v) is 12.9. The van der Waals surface area contributed by atoms with Gasteiger partial charge in [0.05, 0.1) is 0 Å². The van der Waals surface area contributed by atoms with Crippen molar-refractivity contribution in [1.82, 2.24) is 5.32 Å². The molecule has 3 rings (SSSR count). The molecule has 1 aliphatic rings. The number of hydrogen-bond donors (Lipinski definition) is 1. The molecule has 122 valence electrons. The Labute approximate surface area is 138 Å². The molecule has 6 heteroatoms. The average molecular weight is 325 g/mol. The van der Waals surface area contributed by atoms with E-state index in [0.29, 0.717) is 22.8 Å². The maximum Gasteiger partial charge on any atom is 0.336 e. The summed E-state index contributed by atoms with van der Waals surface area (Å²) >= 11 is 0. The van der Waals surface area contributed by atoms with Crippen LogP contribution in [0.3, 0.4) is 0 Å². The lowest BCUT2D eigenvalue weighted by Gasteiger charge is -2.03. The summed E-state index contributed by atoms with van der Waals surface area (Å²) in [5.74, 6) is 0.986. The van der Waals surface area contributed by atoms with E-state index in [2.05, 4.69) is 5.32 Å². The molecular weight excluding hydrogens is 310 g/mol. The second-order valence-electron chi connectivity index (χ2n) is 4.97. The Hall–Kier alpha value is -3.28. The summed E-state index contributed by atoms with van der Waals surface area (Å²) in [5.41, 5.74) is 1.29. The third kappa shape index (κ3) is 3.55. The van der Waals surface area contributed by atoms with Gasteiger partial charge >= 0.3 is 5.97 Å². The van der Waals surface area contributed by atoms with Crippen molar-refractivity contribution in [2.24, 2.45) is 0 Å². The summed E-state index contributed by atoms with van der Waals surface area (Å²) in [6, 6.07) is 11.7. The predicted octanol–water partition coefficient (Wildman–Crippen LogP) is 2.39. The number of carbonyl (C=O) groups excluding carboxylic acids is 2. The van der Waals surface area contributed by atoms with Crippen LogP contribution in [-0.4, -0.2) is 25.7 Å². The third-order valence-electron chi connectivity index (χ3n) is 3.37. The van der Waals surface area contributed by atoms with E-state index in [1.165, 1.54) is 6.08 Å². The quantitative estimate of drug-likeness (QED) is 0.531. The van der Waals surface area contributed by atoms with Gasteiger partial charge in [0.25, 0.3) is 5.91 Å². The Morgan fingerprint density at radius 3 is 2.58 bits per heavy atom. The van der Waals surface area contributed by atoms with E-state index in [-0.39, 0.29) is 12.7 Å². The minimum Gasteiger partial charge on any atom is -0.454 e. The molecule has 0 saturated carbocycles. The Morgan fingerprint density at radius 1 is 1.08 bits per heavy atom. The van der Waals surface area contributed by atoms with E-state index in [1.807, 2.05) is 6.07 Å². The number of esters is 1. The van der Waals surface area contributed by atoms with E-state index in [4.69, 9.17) is 14.2 Å². The van der Waals surface area contributed by atoms with Gasteiger partial charge < -0.3 is 19.5 Å². The molecule has 0 bridgehead atoms. The average Bonchev–Trinajstić information content (AvgIpc) is 3.07. The highest BCUT2D eigenvalue weighted by Crippen LogP contribution is 2.32. The standard InChI is InChI=1S/C18H15NO5/c1-19-18(21)13-4-6-14(7-5-13)24-17(20)9-3-12-2-8-15-16(10-12)23-11-22-15/h2-10H,11H2,1H3,(H,19,21). The van der Waals surface area contributed by atoms with Crippen molar-refractivity contribution in [3.8, 4) is 17.2 Å². The SMILES string of the molecule is CNC(=O)c1ccc(OC(=O)C=Cc2ccc3c(c2)OCO3)cc1. The molecule has 0 spiro atoms. The fraction of sp³-hybridized carbons (Fsp3) is 0.111. The van der Waals surface area contributed by atoms with Crippen molar-refractivity contribution in [3.05, 3.63) is 59.7 Å². The molecule has 2 aromatic rings. The molecule has 24 heavy (non-hydrogen) atoms. The van der Waals surface area contributed by atoms with Gasteiger partial charge in [0.1, 0.15) is 5.75 Å². The number of benzene rings is 2. The molecule has 1 aliphatic heterocycles. The number of hydrogen-bond acceptors (Lipinski definition) is 5. The molecular formula is C18H15NO5. The lowest BCUT2D eigenvalue weighted by atomic mass is 10.2. The highest BCUT2D eigenvalue weighted by atomic mass is 16.7. The van der Waals surface area contributed by atoms with E-state index in [1.54, 1.807) is 49.5 Å². The third-order valence-corrected chi connectivity index (χ3v) is 3.37. The monoisotopic (exact) mass is 325 g/mol. The van der Waals surface area contributed by atoms with Crippen LogP contribution in [0.15, 0.2) is 48.5 Å². The van der Waals surface area contributed by atoms with Gasteiger partial charge in [0, 0.05) is 18.7 Å². The summed E-state index contributed by atoms with van der Waals surface area (Å²) in [4.78, 5) is 23.3. The van der Waals surface area contributed by atoms with Crippen LogP contribution in [0.1, 0.15) is 15.9 Å². The normalized spacial score (nSPS) is 12.2. The zero-order valence-electron chi connectivity index (χ0n) is 12.9. The van der Waals surface area contributed by atoms with E-state index >= 15 is 0 Å². The van der Waals surface area contributed by atoms with Crippen molar-refractivity contribution in [3.63, 3.8) is 0 Å². The number of fused-ring (bicyclic) bond motifs is 1. The molecule has 6 nitrogen and oxygen atoms in total. The van der Waals surface area contributed by atoms with Crippen LogP contribution in [0.2, 0.25) is 0 Å². The molecule has 0 radical (unpaired) electrons. The van der Waals surface area contributed by atoms with E-state index < -0.39 is 5.97 Å². The van der Waals surface area contributed by atoms with Crippen molar-refractivity contribution in [2.75, 3.05) is 13.8 Å². The Bertz CT molecular complexity index is 796. The molecule has 0 aliphatic carbocycles. The first kappa shape index (κ1) is 15.6. The van der Waals surface area contributed by atoms with E-state index in [0.717, 1.165) is 5.56 Å². The van der Waals surface area contributed by atoms with Crippen LogP contribution in [-0.2, 0) is 4.79 Å². The number of rotatable bonds is 4. The summed E-state index contributed by atoms with van der Waals surface area (Å²) in [5, 5.41) is 2.52. The molecule has 1 amide bonds. The van der Waals surface area contributed by atoms with Gasteiger partial charge in [-0.25, -0.2) is 4.79 Å². The second-order valence-corrected chi connectivity index (χ2v) is 4.97.